The molecule has 0 unspecified atom stereocenters. The molecule has 0 bridgehead atoms. The molecular weight excluding hydrogens is 364 g/mol. The Kier molecular flexibility index (Phi) is 5.45. The number of nitrogens with one attached hydrogen (secondary N) is 1. The van der Waals surface area contributed by atoms with Crippen LogP contribution >= 0.6 is 0 Å². The van der Waals surface area contributed by atoms with Crippen LogP contribution in [0.2, 0.25) is 0 Å². The predicted molar refractivity (Wildman–Crippen MR) is 117 cm³/mol. The molecule has 1 aliphatic rings. The minimum absolute atomic E-state index is 0.0917. The van der Waals surface area contributed by atoms with Crippen molar-refractivity contribution in [2.75, 3.05) is 39.0 Å². The highest BCUT2D eigenvalue weighted by Crippen LogP contribution is 2.37. The minimum Gasteiger partial charge on any atom is -0.497 e. The van der Waals surface area contributed by atoms with Gasteiger partial charge in [-0.25, -0.2) is 0 Å². The SMILES string of the molecule is CCn1c(-c2ccc(C(=O)N3CCCNCC3)cc2)c(N)c2ccc(OC)cc21. The third kappa shape index (κ3) is 3.56. The van der Waals surface area contributed by atoms with Crippen LogP contribution < -0.4 is 15.8 Å². The lowest BCUT2D eigenvalue weighted by Gasteiger charge is -2.20. The zero-order valence-corrected chi connectivity index (χ0v) is 17.1. The molecule has 152 valence electrons. The molecule has 1 aliphatic heterocycles. The van der Waals surface area contributed by atoms with Gasteiger partial charge in [-0.1, -0.05) is 12.1 Å². The van der Waals surface area contributed by atoms with E-state index in [0.717, 1.165) is 78.3 Å². The largest absolute Gasteiger partial charge is 0.497 e. The number of ether oxygens (including phenoxy) is 1. The number of hydrogen-bond acceptors (Lipinski definition) is 4. The van der Waals surface area contributed by atoms with E-state index in [2.05, 4.69) is 16.8 Å². The van der Waals surface area contributed by atoms with Crippen molar-refractivity contribution in [3.63, 3.8) is 0 Å². The number of aryl methyl sites for hydroxylation is 1. The number of carbonyl (C=O) groups excluding carboxylic acids is 1. The molecule has 1 saturated heterocycles. The van der Waals surface area contributed by atoms with Crippen LogP contribution in [0.3, 0.4) is 0 Å². The van der Waals surface area contributed by atoms with Crippen LogP contribution in [0.4, 0.5) is 5.69 Å². The van der Waals surface area contributed by atoms with Crippen LogP contribution in [-0.4, -0.2) is 48.7 Å². The highest BCUT2D eigenvalue weighted by molar-refractivity contribution is 6.02. The fourth-order valence-corrected chi connectivity index (χ4v) is 4.12. The number of nitrogen functional groups attached to an aromatic ring is 1. The van der Waals surface area contributed by atoms with Gasteiger partial charge in [0.2, 0.25) is 0 Å². The fourth-order valence-electron chi connectivity index (χ4n) is 4.12. The quantitative estimate of drug-likeness (QED) is 0.714. The molecule has 0 atom stereocenters. The number of fused-ring (bicyclic) bond motifs is 1. The third-order valence-corrected chi connectivity index (χ3v) is 5.66. The first kappa shape index (κ1) is 19.3. The lowest BCUT2D eigenvalue weighted by atomic mass is 10.1. The fraction of sp³-hybridized carbons (Fsp3) is 0.348. The van der Waals surface area contributed by atoms with E-state index in [0.29, 0.717) is 0 Å². The summed E-state index contributed by atoms with van der Waals surface area (Å²) in [5.41, 5.74) is 11.0. The van der Waals surface area contributed by atoms with Crippen LogP contribution in [-0.2, 0) is 6.54 Å². The molecule has 1 fully saturated rings. The molecule has 0 saturated carbocycles. The van der Waals surface area contributed by atoms with Gasteiger partial charge < -0.3 is 25.3 Å². The van der Waals surface area contributed by atoms with Crippen LogP contribution in [0.25, 0.3) is 22.2 Å². The maximum atomic E-state index is 12.9. The van der Waals surface area contributed by atoms with Gasteiger partial charge in [0.05, 0.1) is 24.0 Å². The third-order valence-electron chi connectivity index (χ3n) is 5.66. The van der Waals surface area contributed by atoms with Crippen LogP contribution in [0.15, 0.2) is 42.5 Å². The Labute approximate surface area is 171 Å². The van der Waals surface area contributed by atoms with E-state index >= 15 is 0 Å². The molecule has 3 N–H and O–H groups in total. The maximum Gasteiger partial charge on any atom is 0.253 e. The van der Waals surface area contributed by atoms with E-state index in [4.69, 9.17) is 10.5 Å². The van der Waals surface area contributed by atoms with Gasteiger partial charge in [-0.15, -0.1) is 0 Å². The summed E-state index contributed by atoms with van der Waals surface area (Å²) in [7, 11) is 1.67. The predicted octanol–water partition coefficient (Wildman–Crippen LogP) is 3.35. The maximum absolute atomic E-state index is 12.9. The van der Waals surface area contributed by atoms with E-state index in [9.17, 15) is 4.79 Å². The highest BCUT2D eigenvalue weighted by Gasteiger charge is 2.19. The second kappa shape index (κ2) is 8.17. The summed E-state index contributed by atoms with van der Waals surface area (Å²) < 4.78 is 7.58. The van der Waals surface area contributed by atoms with Gasteiger partial charge in [0, 0.05) is 48.8 Å². The van der Waals surface area contributed by atoms with E-state index in [1.807, 2.05) is 47.4 Å². The van der Waals surface area contributed by atoms with Crippen molar-refractivity contribution in [2.45, 2.75) is 19.9 Å². The van der Waals surface area contributed by atoms with Gasteiger partial charge in [0.15, 0.2) is 0 Å². The molecule has 2 heterocycles. The van der Waals surface area contributed by atoms with Gasteiger partial charge in [-0.05, 0) is 44.2 Å². The number of nitrogens with zero attached hydrogens (tertiary/aromatic N) is 2. The molecule has 1 amide bonds. The molecule has 0 spiro atoms. The molecule has 3 aromatic rings. The van der Waals surface area contributed by atoms with Crippen molar-refractivity contribution in [1.29, 1.82) is 0 Å². The Bertz CT molecular complexity index is 1020. The second-order valence-corrected chi connectivity index (χ2v) is 7.36. The van der Waals surface area contributed by atoms with Crippen LogP contribution in [0.1, 0.15) is 23.7 Å². The van der Waals surface area contributed by atoms with Crippen molar-refractivity contribution >= 4 is 22.5 Å². The van der Waals surface area contributed by atoms with Crippen molar-refractivity contribution in [3.8, 4) is 17.0 Å². The Hall–Kier alpha value is -2.99. The summed E-state index contributed by atoms with van der Waals surface area (Å²) in [5, 5.41) is 4.35. The number of methoxy groups -OCH3 is 1. The summed E-state index contributed by atoms with van der Waals surface area (Å²) in [6, 6.07) is 13.8. The van der Waals surface area contributed by atoms with E-state index in [1.165, 1.54) is 0 Å². The van der Waals surface area contributed by atoms with Gasteiger partial charge in [-0.3, -0.25) is 4.79 Å². The van der Waals surface area contributed by atoms with E-state index < -0.39 is 0 Å². The number of amides is 1. The number of benzene rings is 2. The number of rotatable bonds is 4. The van der Waals surface area contributed by atoms with Gasteiger partial charge in [0.25, 0.3) is 5.91 Å². The number of carbonyl (C=O) groups is 1. The van der Waals surface area contributed by atoms with E-state index in [-0.39, 0.29) is 5.91 Å². The Morgan fingerprint density at radius 3 is 2.66 bits per heavy atom. The Balaban J connectivity index is 1.69. The summed E-state index contributed by atoms with van der Waals surface area (Å²) in [6.07, 6.45) is 0.987. The molecule has 6 nitrogen and oxygen atoms in total. The average Bonchev–Trinajstić information content (AvgIpc) is 2.92. The van der Waals surface area contributed by atoms with E-state index in [1.54, 1.807) is 7.11 Å². The van der Waals surface area contributed by atoms with Crippen LogP contribution in [0, 0.1) is 0 Å². The zero-order chi connectivity index (χ0) is 20.4. The van der Waals surface area contributed by atoms with Crippen molar-refractivity contribution in [1.82, 2.24) is 14.8 Å². The van der Waals surface area contributed by atoms with Gasteiger partial charge >= 0.3 is 0 Å². The lowest BCUT2D eigenvalue weighted by Crippen LogP contribution is -2.34. The summed E-state index contributed by atoms with van der Waals surface area (Å²) in [4.78, 5) is 14.8. The molecule has 29 heavy (non-hydrogen) atoms. The average molecular weight is 393 g/mol. The minimum atomic E-state index is 0.0917. The lowest BCUT2D eigenvalue weighted by molar-refractivity contribution is 0.0766. The first-order valence-electron chi connectivity index (χ1n) is 10.2. The molecule has 0 aliphatic carbocycles. The second-order valence-electron chi connectivity index (χ2n) is 7.36. The normalized spacial score (nSPS) is 14.8. The summed E-state index contributed by atoms with van der Waals surface area (Å²) >= 11 is 0. The summed E-state index contributed by atoms with van der Waals surface area (Å²) in [6.45, 7) is 6.26. The first-order valence-corrected chi connectivity index (χ1v) is 10.2. The Morgan fingerprint density at radius 1 is 1.14 bits per heavy atom. The van der Waals surface area contributed by atoms with Crippen LogP contribution in [0.5, 0.6) is 5.75 Å². The topological polar surface area (TPSA) is 72.5 Å². The van der Waals surface area contributed by atoms with Gasteiger partial charge in [-0.2, -0.15) is 0 Å². The highest BCUT2D eigenvalue weighted by atomic mass is 16.5. The summed E-state index contributed by atoms with van der Waals surface area (Å²) in [5.74, 6) is 0.901. The molecule has 2 aromatic carbocycles. The molecular formula is C23H28N4O2. The number of anilines is 1. The molecule has 0 radical (unpaired) electrons. The van der Waals surface area contributed by atoms with Crippen molar-refractivity contribution in [3.05, 3.63) is 48.0 Å². The molecule has 1 aromatic heterocycles. The van der Waals surface area contributed by atoms with Crippen molar-refractivity contribution in [2.24, 2.45) is 0 Å². The monoisotopic (exact) mass is 392 g/mol. The number of hydrogen-bond donors (Lipinski definition) is 2. The number of aromatic nitrogens is 1. The molecule has 4 rings (SSSR count). The number of nitrogens with two attached hydrogens (primary N) is 1. The van der Waals surface area contributed by atoms with Crippen molar-refractivity contribution < 1.29 is 9.53 Å². The smallest absolute Gasteiger partial charge is 0.253 e. The molecule has 6 heteroatoms. The zero-order valence-electron chi connectivity index (χ0n) is 17.1. The van der Waals surface area contributed by atoms with Gasteiger partial charge in [0.1, 0.15) is 5.75 Å². The first-order chi connectivity index (χ1) is 14.1. The Morgan fingerprint density at radius 2 is 1.93 bits per heavy atom. The standard InChI is InChI=1S/C23H28N4O2/c1-3-27-20-15-18(29-2)9-10-19(20)21(24)22(27)16-5-7-17(8-6-16)23(28)26-13-4-11-25-12-14-26/h5-10,15,25H,3-4,11-14,24H2,1-2H3.